The van der Waals surface area contributed by atoms with Gasteiger partial charge in [0.1, 0.15) is 5.82 Å². The van der Waals surface area contributed by atoms with Crippen molar-refractivity contribution in [3.8, 4) is 11.4 Å². The molecule has 27 heavy (non-hydrogen) atoms. The molecule has 0 bridgehead atoms. The van der Waals surface area contributed by atoms with Gasteiger partial charge < -0.3 is 14.8 Å². The van der Waals surface area contributed by atoms with E-state index in [4.69, 9.17) is 0 Å². The molecule has 0 atom stereocenters. The molecule has 3 heterocycles. The number of rotatable bonds is 4. The van der Waals surface area contributed by atoms with Crippen molar-refractivity contribution in [1.82, 2.24) is 19.7 Å². The zero-order valence-corrected chi connectivity index (χ0v) is 15.5. The van der Waals surface area contributed by atoms with E-state index >= 15 is 0 Å². The van der Waals surface area contributed by atoms with Crippen molar-refractivity contribution in [2.45, 2.75) is 51.5 Å². The van der Waals surface area contributed by atoms with Crippen molar-refractivity contribution in [2.24, 2.45) is 0 Å². The monoisotopic (exact) mass is 367 g/mol. The van der Waals surface area contributed by atoms with E-state index in [-0.39, 0.29) is 18.4 Å². The van der Waals surface area contributed by atoms with Crippen LogP contribution in [0.2, 0.25) is 0 Å². The Morgan fingerprint density at radius 3 is 2.78 bits per heavy atom. The summed E-state index contributed by atoms with van der Waals surface area (Å²) in [6, 6.07) is 7.69. The highest BCUT2D eigenvalue weighted by molar-refractivity contribution is 5.95. The van der Waals surface area contributed by atoms with Gasteiger partial charge in [-0.05, 0) is 37.8 Å². The molecule has 1 N–H and O–H groups in total. The van der Waals surface area contributed by atoms with E-state index in [1.165, 1.54) is 6.42 Å². The number of benzene rings is 1. The van der Waals surface area contributed by atoms with Gasteiger partial charge in [-0.1, -0.05) is 18.6 Å². The van der Waals surface area contributed by atoms with E-state index in [0.29, 0.717) is 18.7 Å². The average Bonchev–Trinajstić information content (AvgIpc) is 2.92. The molecule has 7 heteroatoms. The van der Waals surface area contributed by atoms with Gasteiger partial charge in [-0.2, -0.15) is 0 Å². The minimum Gasteiger partial charge on any atom is -0.333 e. The van der Waals surface area contributed by atoms with Crippen LogP contribution in [-0.2, 0) is 22.6 Å². The number of amides is 2. The highest BCUT2D eigenvalue weighted by atomic mass is 16.2. The van der Waals surface area contributed by atoms with Crippen LogP contribution < -0.4 is 5.32 Å². The van der Waals surface area contributed by atoms with E-state index in [9.17, 15) is 9.59 Å². The predicted molar refractivity (Wildman–Crippen MR) is 102 cm³/mol. The molecule has 1 saturated heterocycles. The van der Waals surface area contributed by atoms with Crippen molar-refractivity contribution in [2.75, 3.05) is 18.4 Å². The number of anilines is 1. The second kappa shape index (κ2) is 7.90. The third-order valence-corrected chi connectivity index (χ3v) is 5.27. The first kappa shape index (κ1) is 17.7. The molecule has 1 fully saturated rings. The second-order valence-electron chi connectivity index (χ2n) is 7.30. The largest absolute Gasteiger partial charge is 0.333 e. The fourth-order valence-corrected chi connectivity index (χ4v) is 3.84. The van der Waals surface area contributed by atoms with Crippen LogP contribution in [0.1, 0.15) is 44.3 Å². The van der Waals surface area contributed by atoms with Crippen molar-refractivity contribution < 1.29 is 9.59 Å². The van der Waals surface area contributed by atoms with E-state index in [1.54, 1.807) is 4.90 Å². The van der Waals surface area contributed by atoms with Gasteiger partial charge in [0.2, 0.25) is 11.8 Å². The number of fused-ring (bicyclic) bond motifs is 1. The number of nitrogens with zero attached hydrogens (tertiary/aromatic N) is 4. The standard InChI is InChI=1S/C20H25N5O2/c26-18(14-24-11-5-3-10-19(24)27)21-16-8-6-7-15(13-16)20-23-22-17-9-2-1-4-12-25(17)20/h6-8,13H,1-5,9-12,14H2,(H,21,26). The Hall–Kier alpha value is -2.70. The summed E-state index contributed by atoms with van der Waals surface area (Å²) in [4.78, 5) is 25.9. The van der Waals surface area contributed by atoms with Gasteiger partial charge in [-0.25, -0.2) is 0 Å². The number of aryl methyl sites for hydroxylation is 1. The smallest absolute Gasteiger partial charge is 0.243 e. The first-order valence-corrected chi connectivity index (χ1v) is 9.81. The van der Waals surface area contributed by atoms with E-state index < -0.39 is 0 Å². The Balaban J connectivity index is 1.47. The molecule has 2 aliphatic rings. The normalized spacial score (nSPS) is 17.3. The SMILES string of the molecule is O=C(CN1CCCCC1=O)Nc1cccc(-c2nnc3n2CCCCC3)c1. The maximum absolute atomic E-state index is 12.4. The number of nitrogens with one attached hydrogen (secondary N) is 1. The molecule has 0 spiro atoms. The number of carbonyl (C=O) groups is 2. The summed E-state index contributed by atoms with van der Waals surface area (Å²) >= 11 is 0. The first-order chi connectivity index (χ1) is 13.2. The lowest BCUT2D eigenvalue weighted by atomic mass is 10.1. The number of aromatic nitrogens is 3. The summed E-state index contributed by atoms with van der Waals surface area (Å²) in [6.07, 6.45) is 6.90. The summed E-state index contributed by atoms with van der Waals surface area (Å²) in [6.45, 7) is 1.72. The molecule has 2 aliphatic heterocycles. The summed E-state index contributed by atoms with van der Waals surface area (Å²) in [5.74, 6) is 1.80. The van der Waals surface area contributed by atoms with E-state index in [1.807, 2.05) is 24.3 Å². The average molecular weight is 367 g/mol. The highest BCUT2D eigenvalue weighted by Crippen LogP contribution is 2.25. The molecule has 7 nitrogen and oxygen atoms in total. The molecular formula is C20H25N5O2. The summed E-state index contributed by atoms with van der Waals surface area (Å²) in [5, 5.41) is 11.6. The van der Waals surface area contributed by atoms with Crippen LogP contribution in [-0.4, -0.2) is 44.6 Å². The second-order valence-corrected chi connectivity index (χ2v) is 7.30. The lowest BCUT2D eigenvalue weighted by Crippen LogP contribution is -2.40. The predicted octanol–water partition coefficient (Wildman–Crippen LogP) is 2.62. The van der Waals surface area contributed by atoms with Gasteiger partial charge in [0.25, 0.3) is 0 Å². The summed E-state index contributed by atoms with van der Waals surface area (Å²) < 4.78 is 2.19. The first-order valence-electron chi connectivity index (χ1n) is 9.81. The minimum absolute atomic E-state index is 0.0660. The van der Waals surface area contributed by atoms with Crippen LogP contribution in [0.4, 0.5) is 5.69 Å². The highest BCUT2D eigenvalue weighted by Gasteiger charge is 2.21. The van der Waals surface area contributed by atoms with Crippen LogP contribution in [0.15, 0.2) is 24.3 Å². The maximum Gasteiger partial charge on any atom is 0.243 e. The maximum atomic E-state index is 12.4. The molecule has 0 radical (unpaired) electrons. The van der Waals surface area contributed by atoms with Crippen LogP contribution in [0, 0.1) is 0 Å². The van der Waals surface area contributed by atoms with Gasteiger partial charge in [0.05, 0.1) is 6.54 Å². The molecule has 0 saturated carbocycles. The molecule has 1 aromatic heterocycles. The van der Waals surface area contributed by atoms with Gasteiger partial charge in [-0.15, -0.1) is 10.2 Å². The third kappa shape index (κ3) is 4.02. The Kier molecular flexibility index (Phi) is 5.18. The Morgan fingerprint density at radius 2 is 1.89 bits per heavy atom. The van der Waals surface area contributed by atoms with Crippen molar-refractivity contribution in [3.63, 3.8) is 0 Å². The molecule has 2 aromatic rings. The van der Waals surface area contributed by atoms with Gasteiger partial charge in [-0.3, -0.25) is 9.59 Å². The number of hydrogen-bond donors (Lipinski definition) is 1. The van der Waals surface area contributed by atoms with E-state index in [0.717, 1.165) is 55.9 Å². The van der Waals surface area contributed by atoms with Gasteiger partial charge in [0.15, 0.2) is 5.82 Å². The van der Waals surface area contributed by atoms with Gasteiger partial charge in [0, 0.05) is 37.2 Å². The molecule has 0 unspecified atom stereocenters. The van der Waals surface area contributed by atoms with Crippen LogP contribution in [0.5, 0.6) is 0 Å². The lowest BCUT2D eigenvalue weighted by Gasteiger charge is -2.26. The Labute approximate surface area is 158 Å². The Bertz CT molecular complexity index is 845. The number of piperidine rings is 1. The van der Waals surface area contributed by atoms with Crippen molar-refractivity contribution in [1.29, 1.82) is 0 Å². The number of hydrogen-bond acceptors (Lipinski definition) is 4. The van der Waals surface area contributed by atoms with Gasteiger partial charge >= 0.3 is 0 Å². The lowest BCUT2D eigenvalue weighted by molar-refractivity contribution is -0.136. The zero-order valence-electron chi connectivity index (χ0n) is 15.5. The topological polar surface area (TPSA) is 80.1 Å². The molecule has 4 rings (SSSR count). The summed E-state index contributed by atoms with van der Waals surface area (Å²) in [7, 11) is 0. The van der Waals surface area contributed by atoms with Crippen molar-refractivity contribution in [3.05, 3.63) is 30.1 Å². The van der Waals surface area contributed by atoms with Crippen LogP contribution in [0.3, 0.4) is 0 Å². The fourth-order valence-electron chi connectivity index (χ4n) is 3.84. The van der Waals surface area contributed by atoms with Crippen LogP contribution in [0.25, 0.3) is 11.4 Å². The Morgan fingerprint density at radius 1 is 1.04 bits per heavy atom. The summed E-state index contributed by atoms with van der Waals surface area (Å²) in [5.41, 5.74) is 1.66. The number of carbonyl (C=O) groups excluding carboxylic acids is 2. The quantitative estimate of drug-likeness (QED) is 0.901. The molecule has 1 aromatic carbocycles. The molecule has 2 amide bonds. The van der Waals surface area contributed by atoms with Crippen LogP contribution >= 0.6 is 0 Å². The minimum atomic E-state index is -0.164. The number of likely N-dealkylation sites (tertiary alicyclic amines) is 1. The van der Waals surface area contributed by atoms with Crippen molar-refractivity contribution >= 4 is 17.5 Å². The third-order valence-electron chi connectivity index (χ3n) is 5.27. The van der Waals surface area contributed by atoms with E-state index in [2.05, 4.69) is 20.1 Å². The molecular weight excluding hydrogens is 342 g/mol. The fraction of sp³-hybridized carbons (Fsp3) is 0.500. The molecule has 0 aliphatic carbocycles. The molecule has 142 valence electrons. The zero-order chi connectivity index (χ0) is 18.6.